The molecule has 3 aromatic rings. The average Bonchev–Trinajstić information content (AvgIpc) is 3.11. The van der Waals surface area contributed by atoms with Gasteiger partial charge in [-0.1, -0.05) is 13.5 Å². The molecule has 0 unspecified atom stereocenters. The van der Waals surface area contributed by atoms with E-state index in [-0.39, 0.29) is 0 Å². The molecule has 100 valence electrons. The molecule has 3 aromatic heterocycles. The molecule has 0 atom stereocenters. The Morgan fingerprint density at radius 2 is 2.30 bits per heavy atom. The van der Waals surface area contributed by atoms with E-state index in [0.29, 0.717) is 0 Å². The van der Waals surface area contributed by atoms with E-state index in [2.05, 4.69) is 28.6 Å². The smallest absolute Gasteiger partial charge is 0.137 e. The van der Waals surface area contributed by atoms with Crippen molar-refractivity contribution in [3.8, 4) is 0 Å². The predicted octanol–water partition coefficient (Wildman–Crippen LogP) is 3.51. The Labute approximate surface area is 117 Å². The van der Waals surface area contributed by atoms with Crippen LogP contribution >= 0.6 is 0 Å². The molecule has 0 fully saturated rings. The minimum absolute atomic E-state index is 0.880. The first kappa shape index (κ1) is 12.4. The zero-order chi connectivity index (χ0) is 13.9. The largest absolute Gasteiger partial charge is 0.346 e. The summed E-state index contributed by atoms with van der Waals surface area (Å²) in [5.74, 6) is 0. The normalized spacial score (nSPS) is 11.4. The molecule has 20 heavy (non-hydrogen) atoms. The Morgan fingerprint density at radius 1 is 1.40 bits per heavy atom. The molecule has 0 spiro atoms. The van der Waals surface area contributed by atoms with Crippen LogP contribution in [0.4, 0.5) is 0 Å². The third kappa shape index (κ3) is 2.16. The standard InChI is InChI=1S/C16H16N4/c1-3-13-6-9-19-20(13)10-7-12(2)15-11-18-16-14(15)5-4-8-17-16/h4-11H,2-3H2,1H3,(H,17,18)/b10-7-. The number of aromatic nitrogens is 4. The summed E-state index contributed by atoms with van der Waals surface area (Å²) in [7, 11) is 0. The van der Waals surface area contributed by atoms with Crippen molar-refractivity contribution in [1.82, 2.24) is 19.7 Å². The second kappa shape index (κ2) is 5.17. The Balaban J connectivity index is 1.90. The topological polar surface area (TPSA) is 46.5 Å². The van der Waals surface area contributed by atoms with Gasteiger partial charge in [-0.2, -0.15) is 5.10 Å². The first-order valence-electron chi connectivity index (χ1n) is 6.61. The van der Waals surface area contributed by atoms with Gasteiger partial charge < -0.3 is 4.98 Å². The van der Waals surface area contributed by atoms with E-state index in [1.165, 1.54) is 5.69 Å². The first-order chi connectivity index (χ1) is 9.79. The number of hydrogen-bond donors (Lipinski definition) is 1. The van der Waals surface area contributed by atoms with Crippen molar-refractivity contribution in [3.05, 3.63) is 60.7 Å². The summed E-state index contributed by atoms with van der Waals surface area (Å²) in [6, 6.07) is 5.99. The lowest BCUT2D eigenvalue weighted by molar-refractivity contribution is 0.857. The van der Waals surface area contributed by atoms with Crippen LogP contribution in [0.15, 0.2) is 49.4 Å². The number of rotatable bonds is 4. The summed E-state index contributed by atoms with van der Waals surface area (Å²) in [5.41, 5.74) is 4.05. The summed E-state index contributed by atoms with van der Waals surface area (Å²) in [5, 5.41) is 5.35. The Kier molecular flexibility index (Phi) is 3.21. The van der Waals surface area contributed by atoms with Crippen molar-refractivity contribution in [2.75, 3.05) is 0 Å². The van der Waals surface area contributed by atoms with Crippen LogP contribution in [0.5, 0.6) is 0 Å². The molecule has 3 heterocycles. The number of H-pyrrole nitrogens is 1. The molecule has 0 aromatic carbocycles. The molecule has 0 saturated heterocycles. The molecule has 4 heteroatoms. The van der Waals surface area contributed by atoms with Crippen molar-refractivity contribution in [3.63, 3.8) is 0 Å². The fourth-order valence-corrected chi connectivity index (χ4v) is 2.23. The van der Waals surface area contributed by atoms with Crippen LogP contribution in [0.2, 0.25) is 0 Å². The highest BCUT2D eigenvalue weighted by atomic mass is 15.3. The molecule has 0 bridgehead atoms. The second-order valence-electron chi connectivity index (χ2n) is 4.56. The van der Waals surface area contributed by atoms with E-state index in [9.17, 15) is 0 Å². The maximum absolute atomic E-state index is 4.28. The number of aromatic amines is 1. The van der Waals surface area contributed by atoms with Gasteiger partial charge in [0.2, 0.25) is 0 Å². The minimum Gasteiger partial charge on any atom is -0.346 e. The van der Waals surface area contributed by atoms with E-state index in [1.54, 1.807) is 6.20 Å². The van der Waals surface area contributed by atoms with Crippen LogP contribution in [0.3, 0.4) is 0 Å². The van der Waals surface area contributed by atoms with E-state index in [0.717, 1.165) is 28.6 Å². The highest BCUT2D eigenvalue weighted by Gasteiger charge is 2.05. The van der Waals surface area contributed by atoms with Crippen LogP contribution in [-0.4, -0.2) is 19.7 Å². The van der Waals surface area contributed by atoms with E-state index >= 15 is 0 Å². The van der Waals surface area contributed by atoms with E-state index in [1.807, 2.05) is 47.6 Å². The molecular weight excluding hydrogens is 248 g/mol. The van der Waals surface area contributed by atoms with Crippen LogP contribution < -0.4 is 0 Å². The van der Waals surface area contributed by atoms with Gasteiger partial charge in [0.15, 0.2) is 0 Å². The molecule has 4 nitrogen and oxygen atoms in total. The summed E-state index contributed by atoms with van der Waals surface area (Å²) >= 11 is 0. The lowest BCUT2D eigenvalue weighted by Gasteiger charge is -2.00. The lowest BCUT2D eigenvalue weighted by atomic mass is 10.1. The van der Waals surface area contributed by atoms with Gasteiger partial charge in [0.25, 0.3) is 0 Å². The average molecular weight is 264 g/mol. The van der Waals surface area contributed by atoms with Crippen LogP contribution in [-0.2, 0) is 6.42 Å². The van der Waals surface area contributed by atoms with Gasteiger partial charge in [-0.25, -0.2) is 9.67 Å². The summed E-state index contributed by atoms with van der Waals surface area (Å²) in [6.07, 6.45) is 10.4. The Bertz CT molecular complexity index is 776. The predicted molar refractivity (Wildman–Crippen MR) is 82.1 cm³/mol. The third-order valence-corrected chi connectivity index (χ3v) is 3.33. The van der Waals surface area contributed by atoms with Gasteiger partial charge in [0, 0.05) is 41.4 Å². The van der Waals surface area contributed by atoms with E-state index in [4.69, 9.17) is 0 Å². The van der Waals surface area contributed by atoms with Crippen molar-refractivity contribution in [1.29, 1.82) is 0 Å². The maximum atomic E-state index is 4.28. The number of aryl methyl sites for hydroxylation is 1. The molecule has 0 amide bonds. The fraction of sp³-hybridized carbons (Fsp3) is 0.125. The number of nitrogens with zero attached hydrogens (tertiary/aromatic N) is 3. The third-order valence-electron chi connectivity index (χ3n) is 3.33. The second-order valence-corrected chi connectivity index (χ2v) is 4.56. The molecular formula is C16H16N4. The number of nitrogens with one attached hydrogen (secondary N) is 1. The van der Waals surface area contributed by atoms with Gasteiger partial charge in [0.05, 0.1) is 0 Å². The summed E-state index contributed by atoms with van der Waals surface area (Å²) in [4.78, 5) is 7.44. The van der Waals surface area contributed by atoms with Crippen LogP contribution in [0.25, 0.3) is 22.8 Å². The molecule has 0 saturated carbocycles. The first-order valence-corrected chi connectivity index (χ1v) is 6.61. The van der Waals surface area contributed by atoms with Crippen molar-refractivity contribution in [2.45, 2.75) is 13.3 Å². The van der Waals surface area contributed by atoms with Crippen LogP contribution in [0, 0.1) is 0 Å². The summed E-state index contributed by atoms with van der Waals surface area (Å²) < 4.78 is 1.87. The van der Waals surface area contributed by atoms with Crippen molar-refractivity contribution >= 4 is 22.8 Å². The molecule has 3 rings (SSSR count). The Hall–Kier alpha value is -2.62. The number of allylic oxidation sites excluding steroid dienone is 2. The Morgan fingerprint density at radius 3 is 3.15 bits per heavy atom. The lowest BCUT2D eigenvalue weighted by Crippen LogP contribution is -1.94. The van der Waals surface area contributed by atoms with Crippen LogP contribution in [0.1, 0.15) is 18.2 Å². The number of hydrogen-bond acceptors (Lipinski definition) is 2. The SMILES string of the molecule is C=C(/C=C\n1nccc1CC)c1c[nH]c2ncccc12. The zero-order valence-electron chi connectivity index (χ0n) is 11.4. The quantitative estimate of drug-likeness (QED) is 0.733. The van der Waals surface area contributed by atoms with Gasteiger partial charge in [-0.15, -0.1) is 0 Å². The maximum Gasteiger partial charge on any atom is 0.137 e. The highest BCUT2D eigenvalue weighted by molar-refractivity contribution is 5.93. The number of fused-ring (bicyclic) bond motifs is 1. The fourth-order valence-electron chi connectivity index (χ4n) is 2.23. The molecule has 0 aliphatic rings. The van der Waals surface area contributed by atoms with Gasteiger partial charge >= 0.3 is 0 Å². The summed E-state index contributed by atoms with van der Waals surface area (Å²) in [6.45, 7) is 6.24. The monoisotopic (exact) mass is 264 g/mol. The van der Waals surface area contributed by atoms with Gasteiger partial charge in [-0.3, -0.25) is 0 Å². The molecule has 0 radical (unpaired) electrons. The molecule has 1 N–H and O–H groups in total. The molecule has 0 aliphatic heterocycles. The van der Waals surface area contributed by atoms with Gasteiger partial charge in [-0.05, 0) is 36.3 Å². The zero-order valence-corrected chi connectivity index (χ0v) is 11.4. The molecule has 0 aliphatic carbocycles. The highest BCUT2D eigenvalue weighted by Crippen LogP contribution is 2.23. The van der Waals surface area contributed by atoms with Crippen molar-refractivity contribution in [2.24, 2.45) is 0 Å². The van der Waals surface area contributed by atoms with E-state index < -0.39 is 0 Å². The number of pyridine rings is 1. The minimum atomic E-state index is 0.880. The van der Waals surface area contributed by atoms with Gasteiger partial charge in [0.1, 0.15) is 5.65 Å². The van der Waals surface area contributed by atoms with Crippen molar-refractivity contribution < 1.29 is 0 Å².